The molecular formula is C7H13N3S. The molecule has 0 radical (unpaired) electrons. The van der Waals surface area contributed by atoms with Crippen molar-refractivity contribution in [2.45, 2.75) is 37.9 Å². The molecule has 62 valence electrons. The van der Waals surface area contributed by atoms with E-state index in [-0.39, 0.29) is 0 Å². The molecule has 0 aliphatic rings. The number of aryl methyl sites for hydroxylation is 1. The average molecular weight is 171 g/mol. The molecule has 0 aliphatic heterocycles. The first kappa shape index (κ1) is 8.59. The van der Waals surface area contributed by atoms with Gasteiger partial charge in [-0.15, -0.1) is 22.8 Å². The lowest BCUT2D eigenvalue weighted by atomic mass is 10.2. The Labute approximate surface area is 72.2 Å². The molecule has 4 heteroatoms. The minimum atomic E-state index is 0.709. The SMILES string of the molecule is CCCCCn1cnnc1S. The van der Waals surface area contributed by atoms with E-state index in [0.29, 0.717) is 5.16 Å². The summed E-state index contributed by atoms with van der Waals surface area (Å²) in [7, 11) is 0. The van der Waals surface area contributed by atoms with Gasteiger partial charge in [0.25, 0.3) is 0 Å². The van der Waals surface area contributed by atoms with Gasteiger partial charge in [0.05, 0.1) is 0 Å². The van der Waals surface area contributed by atoms with Crippen molar-refractivity contribution >= 4 is 12.6 Å². The smallest absolute Gasteiger partial charge is 0.187 e. The van der Waals surface area contributed by atoms with Gasteiger partial charge < -0.3 is 4.57 Å². The Bertz CT molecular complexity index is 209. The van der Waals surface area contributed by atoms with Crippen LogP contribution in [0, 0.1) is 0 Å². The van der Waals surface area contributed by atoms with E-state index in [2.05, 4.69) is 29.7 Å². The second-order valence-electron chi connectivity index (χ2n) is 2.53. The zero-order chi connectivity index (χ0) is 8.10. The Morgan fingerprint density at radius 3 is 2.91 bits per heavy atom. The van der Waals surface area contributed by atoms with Crippen LogP contribution < -0.4 is 0 Å². The van der Waals surface area contributed by atoms with E-state index in [1.54, 1.807) is 6.33 Å². The highest BCUT2D eigenvalue weighted by Gasteiger charge is 1.96. The molecule has 1 aromatic rings. The van der Waals surface area contributed by atoms with Crippen molar-refractivity contribution in [3.63, 3.8) is 0 Å². The summed E-state index contributed by atoms with van der Waals surface area (Å²) >= 11 is 4.14. The molecule has 0 saturated heterocycles. The highest BCUT2D eigenvalue weighted by atomic mass is 32.1. The molecule has 0 amide bonds. The van der Waals surface area contributed by atoms with Crippen molar-refractivity contribution in [2.75, 3.05) is 0 Å². The lowest BCUT2D eigenvalue weighted by Gasteiger charge is -2.00. The third-order valence-electron chi connectivity index (χ3n) is 1.60. The van der Waals surface area contributed by atoms with Crippen molar-refractivity contribution in [3.05, 3.63) is 6.33 Å². The minimum absolute atomic E-state index is 0.709. The van der Waals surface area contributed by atoms with Crippen LogP contribution in [0.2, 0.25) is 0 Å². The zero-order valence-corrected chi connectivity index (χ0v) is 7.59. The molecular weight excluding hydrogens is 158 g/mol. The Kier molecular flexibility index (Phi) is 3.42. The van der Waals surface area contributed by atoms with E-state index in [1.165, 1.54) is 19.3 Å². The molecule has 0 fully saturated rings. The lowest BCUT2D eigenvalue weighted by Crippen LogP contribution is -1.96. The maximum absolute atomic E-state index is 4.14. The molecule has 0 atom stereocenters. The largest absolute Gasteiger partial charge is 0.309 e. The lowest BCUT2D eigenvalue weighted by molar-refractivity contribution is 0.567. The molecule has 1 aromatic heterocycles. The summed E-state index contributed by atoms with van der Waals surface area (Å²) in [4.78, 5) is 0. The fraction of sp³-hybridized carbons (Fsp3) is 0.714. The maximum Gasteiger partial charge on any atom is 0.187 e. The zero-order valence-electron chi connectivity index (χ0n) is 6.69. The Morgan fingerprint density at radius 2 is 2.36 bits per heavy atom. The molecule has 0 aliphatic carbocycles. The molecule has 0 unspecified atom stereocenters. The van der Waals surface area contributed by atoms with E-state index < -0.39 is 0 Å². The van der Waals surface area contributed by atoms with Gasteiger partial charge in [-0.25, -0.2) is 0 Å². The van der Waals surface area contributed by atoms with Crippen LogP contribution in [0.15, 0.2) is 11.5 Å². The van der Waals surface area contributed by atoms with E-state index in [0.717, 1.165) is 6.54 Å². The fourth-order valence-electron chi connectivity index (χ4n) is 0.939. The molecule has 0 bridgehead atoms. The predicted molar refractivity (Wildman–Crippen MR) is 46.8 cm³/mol. The number of unbranched alkanes of at least 4 members (excludes halogenated alkanes) is 2. The second-order valence-corrected chi connectivity index (χ2v) is 2.93. The summed E-state index contributed by atoms with van der Waals surface area (Å²) in [6, 6.07) is 0. The average Bonchev–Trinajstić information content (AvgIpc) is 2.37. The number of aromatic nitrogens is 3. The van der Waals surface area contributed by atoms with Gasteiger partial charge in [-0.3, -0.25) is 0 Å². The number of rotatable bonds is 4. The van der Waals surface area contributed by atoms with Gasteiger partial charge in [-0.05, 0) is 6.42 Å². The van der Waals surface area contributed by atoms with Crippen LogP contribution in [0.25, 0.3) is 0 Å². The molecule has 1 rings (SSSR count). The Balaban J connectivity index is 2.32. The van der Waals surface area contributed by atoms with Gasteiger partial charge in [0.2, 0.25) is 0 Å². The molecule has 0 saturated carbocycles. The van der Waals surface area contributed by atoms with E-state index in [1.807, 2.05) is 4.57 Å². The number of hydrogen-bond acceptors (Lipinski definition) is 3. The third kappa shape index (κ3) is 2.54. The van der Waals surface area contributed by atoms with Crippen molar-refractivity contribution in [2.24, 2.45) is 0 Å². The highest BCUT2D eigenvalue weighted by Crippen LogP contribution is 2.03. The predicted octanol–water partition coefficient (Wildman–Crippen LogP) is 1.76. The van der Waals surface area contributed by atoms with E-state index in [9.17, 15) is 0 Å². The number of thiol groups is 1. The van der Waals surface area contributed by atoms with Crippen molar-refractivity contribution < 1.29 is 0 Å². The van der Waals surface area contributed by atoms with Gasteiger partial charge >= 0.3 is 0 Å². The second kappa shape index (κ2) is 4.38. The van der Waals surface area contributed by atoms with Gasteiger partial charge in [0, 0.05) is 6.54 Å². The molecule has 0 N–H and O–H groups in total. The van der Waals surface area contributed by atoms with Gasteiger partial charge in [-0.1, -0.05) is 19.8 Å². The Morgan fingerprint density at radius 1 is 1.55 bits per heavy atom. The van der Waals surface area contributed by atoms with Crippen LogP contribution in [0.3, 0.4) is 0 Å². The van der Waals surface area contributed by atoms with Crippen LogP contribution >= 0.6 is 12.6 Å². The highest BCUT2D eigenvalue weighted by molar-refractivity contribution is 7.80. The van der Waals surface area contributed by atoms with E-state index >= 15 is 0 Å². The summed E-state index contributed by atoms with van der Waals surface area (Å²) in [6.45, 7) is 3.17. The summed E-state index contributed by atoms with van der Waals surface area (Å²) in [5.74, 6) is 0. The standard InChI is InChI=1S/C7H13N3S/c1-2-3-4-5-10-6-8-9-7(10)11/h6H,2-5H2,1H3,(H,9,11). The fourth-order valence-corrected chi connectivity index (χ4v) is 1.14. The monoisotopic (exact) mass is 171 g/mol. The topological polar surface area (TPSA) is 30.7 Å². The van der Waals surface area contributed by atoms with Crippen LogP contribution in [0.1, 0.15) is 26.2 Å². The minimum Gasteiger partial charge on any atom is -0.309 e. The van der Waals surface area contributed by atoms with Crippen LogP contribution in [-0.2, 0) is 6.54 Å². The number of nitrogens with zero attached hydrogens (tertiary/aromatic N) is 3. The summed E-state index contributed by atoms with van der Waals surface area (Å²) in [6.07, 6.45) is 5.40. The molecule has 11 heavy (non-hydrogen) atoms. The normalized spacial score (nSPS) is 10.4. The van der Waals surface area contributed by atoms with Crippen LogP contribution in [-0.4, -0.2) is 14.8 Å². The van der Waals surface area contributed by atoms with Gasteiger partial charge in [0.1, 0.15) is 6.33 Å². The third-order valence-corrected chi connectivity index (χ3v) is 1.94. The summed E-state index contributed by atoms with van der Waals surface area (Å²) < 4.78 is 1.96. The molecule has 3 nitrogen and oxygen atoms in total. The first-order valence-corrected chi connectivity index (χ1v) is 4.36. The summed E-state index contributed by atoms with van der Waals surface area (Å²) in [5, 5.41) is 8.22. The van der Waals surface area contributed by atoms with Crippen molar-refractivity contribution in [1.82, 2.24) is 14.8 Å². The van der Waals surface area contributed by atoms with Crippen LogP contribution in [0.5, 0.6) is 0 Å². The van der Waals surface area contributed by atoms with Crippen LogP contribution in [0.4, 0.5) is 0 Å². The quantitative estimate of drug-likeness (QED) is 0.552. The first-order valence-electron chi connectivity index (χ1n) is 3.91. The van der Waals surface area contributed by atoms with E-state index in [4.69, 9.17) is 0 Å². The maximum atomic E-state index is 4.14. The molecule has 0 aromatic carbocycles. The van der Waals surface area contributed by atoms with Gasteiger partial charge in [0.15, 0.2) is 5.16 Å². The van der Waals surface area contributed by atoms with Gasteiger partial charge in [-0.2, -0.15) is 0 Å². The first-order chi connectivity index (χ1) is 5.34. The molecule has 0 spiro atoms. The summed E-state index contributed by atoms with van der Waals surface area (Å²) in [5.41, 5.74) is 0. The van der Waals surface area contributed by atoms with Crippen molar-refractivity contribution in [1.29, 1.82) is 0 Å². The number of hydrogen-bond donors (Lipinski definition) is 1. The molecule has 1 heterocycles. The van der Waals surface area contributed by atoms with Crippen molar-refractivity contribution in [3.8, 4) is 0 Å². The Hall–Kier alpha value is -0.510.